The molecule has 0 spiro atoms. The molecule has 17 heavy (non-hydrogen) atoms. The number of aliphatic hydroxyl groups is 1. The van der Waals surface area contributed by atoms with Gasteiger partial charge in [-0.05, 0) is 24.6 Å². The Balaban J connectivity index is 2.23. The van der Waals surface area contributed by atoms with Crippen molar-refractivity contribution in [3.8, 4) is 11.3 Å². The number of benzene rings is 1. The molecule has 0 bridgehead atoms. The van der Waals surface area contributed by atoms with Crippen molar-refractivity contribution >= 4 is 6.08 Å². The van der Waals surface area contributed by atoms with Gasteiger partial charge in [0.05, 0.1) is 18.0 Å². The molecule has 0 radical (unpaired) electrons. The van der Waals surface area contributed by atoms with Crippen LogP contribution in [0.15, 0.2) is 42.5 Å². The third-order valence-corrected chi connectivity index (χ3v) is 2.42. The third-order valence-electron chi connectivity index (χ3n) is 2.42. The Morgan fingerprint density at radius 1 is 1.06 bits per heavy atom. The lowest BCUT2D eigenvalue weighted by molar-refractivity contribution is 0.343. The zero-order chi connectivity index (χ0) is 12.1. The number of nitrogens with zero attached hydrogens (tertiary/aromatic N) is 2. The van der Waals surface area contributed by atoms with Gasteiger partial charge in [0, 0.05) is 5.56 Å². The topological polar surface area (TPSA) is 46.0 Å². The SMILES string of the molecule is Cc1ccc(-c2ccc(/C=C/CO)cc2)nn1. The summed E-state index contributed by atoms with van der Waals surface area (Å²) >= 11 is 0. The molecule has 1 heterocycles. The van der Waals surface area contributed by atoms with Crippen LogP contribution in [0.25, 0.3) is 17.3 Å². The van der Waals surface area contributed by atoms with E-state index in [4.69, 9.17) is 5.11 Å². The van der Waals surface area contributed by atoms with Gasteiger partial charge in [-0.1, -0.05) is 36.4 Å². The highest BCUT2D eigenvalue weighted by atomic mass is 16.2. The molecule has 1 aromatic carbocycles. The van der Waals surface area contributed by atoms with E-state index in [-0.39, 0.29) is 6.61 Å². The first kappa shape index (κ1) is 11.5. The Morgan fingerprint density at radius 3 is 2.41 bits per heavy atom. The van der Waals surface area contributed by atoms with Crippen molar-refractivity contribution in [2.24, 2.45) is 0 Å². The van der Waals surface area contributed by atoms with Gasteiger partial charge in [0.1, 0.15) is 0 Å². The molecule has 1 aromatic heterocycles. The van der Waals surface area contributed by atoms with Crippen LogP contribution in [-0.4, -0.2) is 21.9 Å². The molecule has 3 nitrogen and oxygen atoms in total. The van der Waals surface area contributed by atoms with Crippen molar-refractivity contribution < 1.29 is 5.11 Å². The smallest absolute Gasteiger partial charge is 0.0929 e. The van der Waals surface area contributed by atoms with E-state index >= 15 is 0 Å². The van der Waals surface area contributed by atoms with Crippen LogP contribution in [0, 0.1) is 6.92 Å². The number of hydrogen-bond donors (Lipinski definition) is 1. The average molecular weight is 226 g/mol. The Morgan fingerprint density at radius 2 is 1.82 bits per heavy atom. The summed E-state index contributed by atoms with van der Waals surface area (Å²) in [5.74, 6) is 0. The highest BCUT2D eigenvalue weighted by Crippen LogP contribution is 2.17. The number of aromatic nitrogens is 2. The van der Waals surface area contributed by atoms with Crippen molar-refractivity contribution in [2.75, 3.05) is 6.61 Å². The number of hydrogen-bond acceptors (Lipinski definition) is 3. The lowest BCUT2D eigenvalue weighted by Gasteiger charge is -2.00. The van der Waals surface area contributed by atoms with E-state index < -0.39 is 0 Å². The van der Waals surface area contributed by atoms with E-state index in [1.54, 1.807) is 6.08 Å². The molecule has 0 aliphatic rings. The zero-order valence-corrected chi connectivity index (χ0v) is 9.67. The summed E-state index contributed by atoms with van der Waals surface area (Å²) in [6.07, 6.45) is 3.59. The fourth-order valence-electron chi connectivity index (χ4n) is 1.51. The molecule has 0 aliphatic heterocycles. The van der Waals surface area contributed by atoms with Gasteiger partial charge >= 0.3 is 0 Å². The Hall–Kier alpha value is -2.00. The first-order valence-electron chi connectivity index (χ1n) is 5.48. The Bertz CT molecular complexity index is 501. The highest BCUT2D eigenvalue weighted by molar-refractivity contribution is 5.62. The minimum Gasteiger partial charge on any atom is -0.392 e. The quantitative estimate of drug-likeness (QED) is 0.874. The minimum absolute atomic E-state index is 0.0607. The average Bonchev–Trinajstić information content (AvgIpc) is 2.38. The van der Waals surface area contributed by atoms with Crippen LogP contribution in [-0.2, 0) is 0 Å². The number of rotatable bonds is 3. The van der Waals surface area contributed by atoms with Gasteiger partial charge in [0.2, 0.25) is 0 Å². The van der Waals surface area contributed by atoms with E-state index in [1.807, 2.05) is 49.4 Å². The van der Waals surface area contributed by atoms with Crippen LogP contribution in [0.4, 0.5) is 0 Å². The summed E-state index contributed by atoms with van der Waals surface area (Å²) < 4.78 is 0. The maximum absolute atomic E-state index is 8.68. The highest BCUT2D eigenvalue weighted by Gasteiger charge is 1.98. The van der Waals surface area contributed by atoms with Gasteiger partial charge in [0.15, 0.2) is 0 Å². The van der Waals surface area contributed by atoms with Crippen LogP contribution >= 0.6 is 0 Å². The van der Waals surface area contributed by atoms with Gasteiger partial charge in [-0.15, -0.1) is 0 Å². The predicted octanol–water partition coefficient (Wildman–Crippen LogP) is 2.46. The third kappa shape index (κ3) is 2.98. The van der Waals surface area contributed by atoms with Crippen molar-refractivity contribution in [2.45, 2.75) is 6.92 Å². The summed E-state index contributed by atoms with van der Waals surface area (Å²) in [5.41, 5.74) is 3.88. The zero-order valence-electron chi connectivity index (χ0n) is 9.67. The minimum atomic E-state index is 0.0607. The molecule has 2 rings (SSSR count). The van der Waals surface area contributed by atoms with Crippen LogP contribution in [0.1, 0.15) is 11.3 Å². The second kappa shape index (κ2) is 5.37. The first-order chi connectivity index (χ1) is 8.29. The summed E-state index contributed by atoms with van der Waals surface area (Å²) in [5, 5.41) is 16.8. The van der Waals surface area contributed by atoms with Crippen LogP contribution < -0.4 is 0 Å². The first-order valence-corrected chi connectivity index (χ1v) is 5.48. The van der Waals surface area contributed by atoms with Crippen molar-refractivity contribution in [3.63, 3.8) is 0 Å². The molecule has 0 atom stereocenters. The molecule has 0 amide bonds. The number of aliphatic hydroxyl groups excluding tert-OH is 1. The Labute approximate surface area is 100 Å². The van der Waals surface area contributed by atoms with Gasteiger partial charge in [-0.2, -0.15) is 10.2 Å². The summed E-state index contributed by atoms with van der Waals surface area (Å²) in [4.78, 5) is 0. The molecule has 0 aliphatic carbocycles. The van der Waals surface area contributed by atoms with Gasteiger partial charge in [-0.25, -0.2) is 0 Å². The van der Waals surface area contributed by atoms with Crippen molar-refractivity contribution in [1.82, 2.24) is 10.2 Å². The second-order valence-corrected chi connectivity index (χ2v) is 3.77. The fourth-order valence-corrected chi connectivity index (χ4v) is 1.51. The van der Waals surface area contributed by atoms with Crippen LogP contribution in [0.2, 0.25) is 0 Å². The molecule has 86 valence electrons. The molecule has 3 heteroatoms. The summed E-state index contributed by atoms with van der Waals surface area (Å²) in [6, 6.07) is 11.9. The standard InChI is InChI=1S/C14H14N2O/c1-11-4-9-14(16-15-11)13-7-5-12(6-8-13)3-2-10-17/h2-9,17H,10H2,1H3/b3-2+. The van der Waals surface area contributed by atoms with Gasteiger partial charge < -0.3 is 5.11 Å². The van der Waals surface area contributed by atoms with E-state index in [1.165, 1.54) is 0 Å². The van der Waals surface area contributed by atoms with E-state index in [9.17, 15) is 0 Å². The Kier molecular flexibility index (Phi) is 3.62. The maximum atomic E-state index is 8.68. The van der Waals surface area contributed by atoms with Crippen LogP contribution in [0.5, 0.6) is 0 Å². The van der Waals surface area contributed by atoms with E-state index in [0.717, 1.165) is 22.5 Å². The molecule has 1 N–H and O–H groups in total. The molecule has 0 saturated carbocycles. The lowest BCUT2D eigenvalue weighted by Crippen LogP contribution is -1.89. The van der Waals surface area contributed by atoms with Crippen LogP contribution in [0.3, 0.4) is 0 Å². The van der Waals surface area contributed by atoms with Gasteiger partial charge in [-0.3, -0.25) is 0 Å². The van der Waals surface area contributed by atoms with Gasteiger partial charge in [0.25, 0.3) is 0 Å². The fraction of sp³-hybridized carbons (Fsp3) is 0.143. The lowest BCUT2D eigenvalue weighted by atomic mass is 10.1. The maximum Gasteiger partial charge on any atom is 0.0929 e. The molecule has 0 unspecified atom stereocenters. The molecular formula is C14H14N2O. The normalized spacial score (nSPS) is 10.9. The predicted molar refractivity (Wildman–Crippen MR) is 68.3 cm³/mol. The summed E-state index contributed by atoms with van der Waals surface area (Å²) in [6.45, 7) is 1.98. The number of aryl methyl sites for hydroxylation is 1. The second-order valence-electron chi connectivity index (χ2n) is 3.77. The summed E-state index contributed by atoms with van der Waals surface area (Å²) in [7, 11) is 0. The monoisotopic (exact) mass is 226 g/mol. The van der Waals surface area contributed by atoms with Crippen molar-refractivity contribution in [1.29, 1.82) is 0 Å². The molecular weight excluding hydrogens is 212 g/mol. The van der Waals surface area contributed by atoms with E-state index in [0.29, 0.717) is 0 Å². The molecule has 0 fully saturated rings. The van der Waals surface area contributed by atoms with Crippen molar-refractivity contribution in [3.05, 3.63) is 53.7 Å². The molecule has 0 saturated heterocycles. The largest absolute Gasteiger partial charge is 0.392 e. The molecule has 2 aromatic rings. The van der Waals surface area contributed by atoms with E-state index in [2.05, 4.69) is 10.2 Å².